The lowest BCUT2D eigenvalue weighted by Crippen LogP contribution is -2.13. The van der Waals surface area contributed by atoms with E-state index in [1.807, 2.05) is 0 Å². The fraction of sp³-hybridized carbons (Fsp3) is 0.0833. The lowest BCUT2D eigenvalue weighted by atomic mass is 9.70. The highest BCUT2D eigenvalue weighted by atomic mass is 15.1. The minimum atomic E-state index is 0.0987. The van der Waals surface area contributed by atoms with Gasteiger partial charge in [-0.2, -0.15) is 0 Å². The second-order valence-electron chi connectivity index (χ2n) is 14.2. The van der Waals surface area contributed by atoms with Gasteiger partial charge in [0.1, 0.15) is 0 Å². The van der Waals surface area contributed by atoms with E-state index in [1.54, 1.807) is 0 Å². The number of nitrogens with zero attached hydrogens (tertiary/aromatic N) is 1. The molecule has 0 amide bonds. The summed E-state index contributed by atoms with van der Waals surface area (Å²) in [5, 5.41) is 5.07. The zero-order chi connectivity index (χ0) is 33.1. The van der Waals surface area contributed by atoms with Gasteiger partial charge in [-0.15, -0.1) is 0 Å². The monoisotopic (exact) mass is 627 g/mol. The molecule has 1 aliphatic carbocycles. The van der Waals surface area contributed by atoms with E-state index in [4.69, 9.17) is 0 Å². The fourth-order valence-electron chi connectivity index (χ4n) is 7.70. The van der Waals surface area contributed by atoms with E-state index in [0.29, 0.717) is 0 Å². The first-order valence-corrected chi connectivity index (χ1v) is 17.2. The minimum Gasteiger partial charge on any atom is -0.310 e. The van der Waals surface area contributed by atoms with Crippen molar-refractivity contribution >= 4 is 38.6 Å². The first-order chi connectivity index (χ1) is 24.0. The molecule has 0 radical (unpaired) electrons. The maximum Gasteiger partial charge on any atom is 0.0468 e. The van der Waals surface area contributed by atoms with Gasteiger partial charge in [0.2, 0.25) is 0 Å². The zero-order valence-corrected chi connectivity index (χ0v) is 28.1. The molecule has 1 nitrogen and oxygen atoms in total. The third-order valence-corrected chi connectivity index (χ3v) is 10.1. The van der Waals surface area contributed by atoms with Crippen LogP contribution in [0, 0.1) is 0 Å². The molecule has 0 aliphatic heterocycles. The molecule has 9 rings (SSSR count). The van der Waals surface area contributed by atoms with Crippen LogP contribution in [0.5, 0.6) is 0 Å². The van der Waals surface area contributed by atoms with Gasteiger partial charge in [-0.3, -0.25) is 0 Å². The minimum absolute atomic E-state index is 0.0987. The molecule has 0 fully saturated rings. The number of anilines is 3. The molecule has 0 unspecified atom stereocenters. The highest BCUT2D eigenvalue weighted by Crippen LogP contribution is 2.59. The van der Waals surface area contributed by atoms with E-state index >= 15 is 0 Å². The summed E-state index contributed by atoms with van der Waals surface area (Å²) in [7, 11) is 0. The molecule has 8 aromatic rings. The van der Waals surface area contributed by atoms with Crippen LogP contribution in [0.3, 0.4) is 0 Å². The normalized spacial score (nSPS) is 12.0. The van der Waals surface area contributed by atoms with Crippen molar-refractivity contribution in [1.82, 2.24) is 0 Å². The molecule has 0 saturated heterocycles. The second-order valence-corrected chi connectivity index (χ2v) is 14.2. The van der Waals surface area contributed by atoms with Crippen molar-refractivity contribution in [2.24, 2.45) is 0 Å². The molecule has 0 aromatic heterocycles. The molecular formula is C48H37N. The first-order valence-electron chi connectivity index (χ1n) is 17.2. The summed E-state index contributed by atoms with van der Waals surface area (Å²) in [6.45, 7) is 6.80. The summed E-state index contributed by atoms with van der Waals surface area (Å²) in [6, 6.07) is 62.3. The third kappa shape index (κ3) is 4.85. The van der Waals surface area contributed by atoms with Gasteiger partial charge in [-0.05, 0) is 126 Å². The van der Waals surface area contributed by atoms with Crippen LogP contribution in [0.2, 0.25) is 0 Å². The predicted molar refractivity (Wildman–Crippen MR) is 210 cm³/mol. The van der Waals surface area contributed by atoms with E-state index in [9.17, 15) is 0 Å². The summed E-state index contributed by atoms with van der Waals surface area (Å²) in [5.41, 5.74) is 15.4. The summed E-state index contributed by atoms with van der Waals surface area (Å²) in [5.74, 6) is 0. The van der Waals surface area contributed by atoms with Gasteiger partial charge in [0.15, 0.2) is 0 Å². The molecule has 0 heterocycles. The van der Waals surface area contributed by atoms with Gasteiger partial charge in [-0.1, -0.05) is 142 Å². The molecule has 0 saturated carbocycles. The molecule has 0 atom stereocenters. The molecule has 1 heteroatoms. The van der Waals surface area contributed by atoms with Crippen LogP contribution in [-0.2, 0) is 5.41 Å². The Morgan fingerprint density at radius 3 is 1.35 bits per heavy atom. The topological polar surface area (TPSA) is 3.24 Å². The van der Waals surface area contributed by atoms with Crippen molar-refractivity contribution in [2.45, 2.75) is 26.2 Å². The number of rotatable bonds is 5. The fourth-order valence-corrected chi connectivity index (χ4v) is 7.70. The van der Waals surface area contributed by atoms with Gasteiger partial charge < -0.3 is 4.90 Å². The van der Waals surface area contributed by atoms with Crippen LogP contribution >= 0.6 is 0 Å². The molecule has 0 spiro atoms. The maximum absolute atomic E-state index is 2.43. The number of hydrogen-bond donors (Lipinski definition) is 0. The second kappa shape index (κ2) is 11.4. The van der Waals surface area contributed by atoms with Gasteiger partial charge in [0.25, 0.3) is 0 Å². The number of para-hydroxylation sites is 1. The van der Waals surface area contributed by atoms with E-state index in [0.717, 1.165) is 17.1 Å². The molecule has 8 aromatic carbocycles. The van der Waals surface area contributed by atoms with Crippen molar-refractivity contribution < 1.29 is 0 Å². The molecule has 234 valence electrons. The van der Waals surface area contributed by atoms with Crippen LogP contribution in [0.25, 0.3) is 66.1 Å². The van der Waals surface area contributed by atoms with Gasteiger partial charge in [-0.25, -0.2) is 0 Å². The van der Waals surface area contributed by atoms with Gasteiger partial charge in [0.05, 0.1) is 0 Å². The molecule has 49 heavy (non-hydrogen) atoms. The van der Waals surface area contributed by atoms with Crippen molar-refractivity contribution in [3.63, 3.8) is 0 Å². The number of fused-ring (bicyclic) bond motifs is 6. The average molecular weight is 628 g/mol. The highest BCUT2D eigenvalue weighted by molar-refractivity contribution is 6.26. The Morgan fingerprint density at radius 1 is 0.367 bits per heavy atom. The lowest BCUT2D eigenvalue weighted by Gasteiger charge is -2.33. The van der Waals surface area contributed by atoms with Crippen molar-refractivity contribution in [1.29, 1.82) is 0 Å². The Bertz CT molecular complexity index is 2490. The number of benzene rings is 8. The molecule has 0 bridgehead atoms. The van der Waals surface area contributed by atoms with E-state index < -0.39 is 0 Å². The molecule has 0 N–H and O–H groups in total. The largest absolute Gasteiger partial charge is 0.310 e. The summed E-state index contributed by atoms with van der Waals surface area (Å²) >= 11 is 0. The molecular weight excluding hydrogens is 591 g/mol. The van der Waals surface area contributed by atoms with Gasteiger partial charge in [0, 0.05) is 17.1 Å². The van der Waals surface area contributed by atoms with E-state index in [-0.39, 0.29) is 5.41 Å². The Hall–Kier alpha value is -5.92. The van der Waals surface area contributed by atoms with Crippen LogP contribution in [-0.4, -0.2) is 0 Å². The van der Waals surface area contributed by atoms with Crippen molar-refractivity contribution in [2.75, 3.05) is 4.90 Å². The predicted octanol–water partition coefficient (Wildman–Crippen LogP) is 13.7. The SMILES string of the molecule is CC(C)(C)c1ccc(N(c2ccccc2)c2ccc3cc4c(cc3c2)-c2c-4c(-c3ccccc3)c3ccccc3c2-c2ccccc2)cc1. The Labute approximate surface area is 288 Å². The van der Waals surface area contributed by atoms with Crippen LogP contribution < -0.4 is 4.90 Å². The molecule has 1 aliphatic rings. The smallest absolute Gasteiger partial charge is 0.0468 e. The summed E-state index contributed by atoms with van der Waals surface area (Å²) in [4.78, 5) is 2.37. The van der Waals surface area contributed by atoms with E-state index in [2.05, 4.69) is 196 Å². The maximum atomic E-state index is 2.43. The van der Waals surface area contributed by atoms with Gasteiger partial charge >= 0.3 is 0 Å². The van der Waals surface area contributed by atoms with E-state index in [1.165, 1.54) is 71.6 Å². The quantitative estimate of drug-likeness (QED) is 0.183. The standard InChI is InChI=1S/C48H37N/c1-48(2,3)36-24-27-38(28-25-36)49(37-19-11-6-12-20-37)39-26-23-34-30-42-43(31-35(34)29-39)47-45(33-17-9-5-10-18-33)41-22-14-13-21-40(41)44(46(42)47)32-15-7-4-8-16-32/h4-31H,1-3H3. The highest BCUT2D eigenvalue weighted by Gasteiger charge is 2.32. The van der Waals surface area contributed by atoms with Crippen LogP contribution in [0.1, 0.15) is 26.3 Å². The average Bonchev–Trinajstić information content (AvgIpc) is 3.14. The first kappa shape index (κ1) is 29.2. The van der Waals surface area contributed by atoms with Crippen LogP contribution in [0.15, 0.2) is 170 Å². The summed E-state index contributed by atoms with van der Waals surface area (Å²) < 4.78 is 0. The Kier molecular flexibility index (Phi) is 6.78. The van der Waals surface area contributed by atoms with Crippen molar-refractivity contribution in [3.05, 3.63) is 175 Å². The zero-order valence-electron chi connectivity index (χ0n) is 28.1. The Balaban J connectivity index is 1.26. The summed E-state index contributed by atoms with van der Waals surface area (Å²) in [6.07, 6.45) is 0. The van der Waals surface area contributed by atoms with Crippen LogP contribution in [0.4, 0.5) is 17.1 Å². The third-order valence-electron chi connectivity index (χ3n) is 10.1. The number of hydrogen-bond acceptors (Lipinski definition) is 1. The Morgan fingerprint density at radius 2 is 0.816 bits per heavy atom. The lowest BCUT2D eigenvalue weighted by molar-refractivity contribution is 0.590. The van der Waals surface area contributed by atoms with Crippen molar-refractivity contribution in [3.8, 4) is 44.5 Å².